The van der Waals surface area contributed by atoms with Crippen molar-refractivity contribution in [3.63, 3.8) is 0 Å². The zero-order chi connectivity index (χ0) is 38.8. The Balaban J connectivity index is 1.52. The third-order valence-electron chi connectivity index (χ3n) is 9.13. The molecule has 5 rings (SSSR count). The minimum Gasteiger partial charge on any atom is -0.493 e. The van der Waals surface area contributed by atoms with Gasteiger partial charge in [0.25, 0.3) is 0 Å². The topological polar surface area (TPSA) is 171 Å². The van der Waals surface area contributed by atoms with Gasteiger partial charge in [-0.2, -0.15) is 10.5 Å². The first-order valence-corrected chi connectivity index (χ1v) is 17.1. The number of esters is 4. The van der Waals surface area contributed by atoms with E-state index in [2.05, 4.69) is 0 Å². The molecule has 0 aliphatic heterocycles. The van der Waals surface area contributed by atoms with Crippen molar-refractivity contribution < 1.29 is 47.6 Å². The molecule has 0 unspecified atom stereocenters. The summed E-state index contributed by atoms with van der Waals surface area (Å²) in [5.41, 5.74) is 3.59. The molecule has 54 heavy (non-hydrogen) atoms. The third-order valence-corrected chi connectivity index (χ3v) is 9.13. The molecule has 4 aromatic rings. The Morgan fingerprint density at radius 3 is 1.26 bits per heavy atom. The molecule has 276 valence electrons. The number of aryl methyl sites for hydroxylation is 2. The quantitative estimate of drug-likeness (QED) is 0.0757. The summed E-state index contributed by atoms with van der Waals surface area (Å²) in [6.45, 7) is 3.46. The van der Waals surface area contributed by atoms with Crippen LogP contribution in [0.25, 0.3) is 0 Å². The predicted molar refractivity (Wildman–Crippen MR) is 193 cm³/mol. The first kappa shape index (κ1) is 38.6. The minimum absolute atomic E-state index is 0.0445. The van der Waals surface area contributed by atoms with Crippen molar-refractivity contribution in [2.24, 2.45) is 11.8 Å². The molecule has 0 N–H and O–H groups in total. The van der Waals surface area contributed by atoms with Gasteiger partial charge in [-0.25, -0.2) is 9.59 Å². The summed E-state index contributed by atoms with van der Waals surface area (Å²) >= 11 is 0. The van der Waals surface area contributed by atoms with E-state index in [0.717, 1.165) is 11.1 Å². The van der Waals surface area contributed by atoms with Crippen LogP contribution in [0.15, 0.2) is 84.9 Å². The molecule has 0 heterocycles. The summed E-state index contributed by atoms with van der Waals surface area (Å²) < 4.78 is 33.6. The van der Waals surface area contributed by atoms with Crippen molar-refractivity contribution in [2.45, 2.75) is 38.5 Å². The number of methoxy groups -OCH3 is 2. The van der Waals surface area contributed by atoms with E-state index in [1.54, 1.807) is 72.8 Å². The standard InChI is InChI=1S/C42H38N2O10/c1-25-7-11-27(12-8-25)39(45)53-31-17-15-29(23-33(31)49-3)35-37(41(47)51-21-5-19-43)36(38(35)42(48)52-22-6-20-44)30-16-18-32(34(24-30)50-4)54-40(46)28-13-9-26(2)10-14-28/h7-18,23-24,35-38H,5-6,21-22H2,1-4H3. The fourth-order valence-corrected chi connectivity index (χ4v) is 6.40. The number of rotatable bonds is 14. The SMILES string of the molecule is COc1cc(C2C(C(=O)OCCC#N)C(c3ccc(OC(=O)c4ccc(C)cc4)c(OC)c3)C2C(=O)OCCC#N)ccc1OC(=O)c1ccc(C)cc1. The first-order valence-electron chi connectivity index (χ1n) is 17.1. The molecule has 0 radical (unpaired) electrons. The van der Waals surface area contributed by atoms with Crippen LogP contribution in [0, 0.1) is 48.3 Å². The highest BCUT2D eigenvalue weighted by molar-refractivity contribution is 5.92. The van der Waals surface area contributed by atoms with Crippen molar-refractivity contribution in [1.82, 2.24) is 0 Å². The van der Waals surface area contributed by atoms with E-state index < -0.39 is 47.5 Å². The van der Waals surface area contributed by atoms with Crippen LogP contribution in [0.3, 0.4) is 0 Å². The van der Waals surface area contributed by atoms with Crippen LogP contribution < -0.4 is 18.9 Å². The van der Waals surface area contributed by atoms with E-state index in [0.29, 0.717) is 22.3 Å². The maximum Gasteiger partial charge on any atom is 0.343 e. The van der Waals surface area contributed by atoms with Crippen molar-refractivity contribution in [3.05, 3.63) is 118 Å². The molecule has 1 aliphatic carbocycles. The van der Waals surface area contributed by atoms with E-state index >= 15 is 0 Å². The lowest BCUT2D eigenvalue weighted by Gasteiger charge is -2.49. The average Bonchev–Trinajstić information content (AvgIpc) is 3.16. The maximum absolute atomic E-state index is 13.9. The zero-order valence-corrected chi connectivity index (χ0v) is 30.2. The van der Waals surface area contributed by atoms with Gasteiger partial charge in [-0.1, -0.05) is 47.5 Å². The normalized spacial score (nSPS) is 17.1. The van der Waals surface area contributed by atoms with E-state index in [1.165, 1.54) is 26.4 Å². The van der Waals surface area contributed by atoms with Crippen molar-refractivity contribution in [1.29, 1.82) is 10.5 Å². The molecule has 0 aromatic heterocycles. The largest absolute Gasteiger partial charge is 0.493 e. The molecule has 0 spiro atoms. The van der Waals surface area contributed by atoms with Crippen LogP contribution in [-0.4, -0.2) is 51.3 Å². The second-order valence-electron chi connectivity index (χ2n) is 12.6. The maximum atomic E-state index is 13.9. The number of nitrogens with zero attached hydrogens (tertiary/aromatic N) is 2. The van der Waals surface area contributed by atoms with Crippen molar-refractivity contribution >= 4 is 23.9 Å². The summed E-state index contributed by atoms with van der Waals surface area (Å²) in [6.07, 6.45) is -0.0890. The molecule has 0 saturated heterocycles. The zero-order valence-electron chi connectivity index (χ0n) is 30.2. The van der Waals surface area contributed by atoms with Crippen LogP contribution in [0.5, 0.6) is 23.0 Å². The number of nitriles is 2. The lowest BCUT2D eigenvalue weighted by atomic mass is 9.52. The summed E-state index contributed by atoms with van der Waals surface area (Å²) in [4.78, 5) is 53.6. The lowest BCUT2D eigenvalue weighted by Crippen LogP contribution is -2.52. The third kappa shape index (κ3) is 8.68. The van der Waals surface area contributed by atoms with Gasteiger partial charge in [0.15, 0.2) is 23.0 Å². The molecule has 12 nitrogen and oxygen atoms in total. The summed E-state index contributed by atoms with van der Waals surface area (Å²) in [7, 11) is 2.79. The smallest absolute Gasteiger partial charge is 0.343 e. The number of ether oxygens (including phenoxy) is 6. The van der Waals surface area contributed by atoms with E-state index in [-0.39, 0.29) is 49.1 Å². The Morgan fingerprint density at radius 1 is 0.556 bits per heavy atom. The highest BCUT2D eigenvalue weighted by Gasteiger charge is 2.60. The Morgan fingerprint density at radius 2 is 0.926 bits per heavy atom. The van der Waals surface area contributed by atoms with Crippen LogP contribution in [0.2, 0.25) is 0 Å². The van der Waals surface area contributed by atoms with Crippen LogP contribution in [0.1, 0.15) is 67.6 Å². The van der Waals surface area contributed by atoms with Crippen molar-refractivity contribution in [2.75, 3.05) is 27.4 Å². The molecule has 0 atom stereocenters. The number of carbonyl (C=O) groups excluding carboxylic acids is 4. The van der Waals surface area contributed by atoms with Gasteiger partial charge < -0.3 is 28.4 Å². The van der Waals surface area contributed by atoms with Crippen LogP contribution >= 0.6 is 0 Å². The highest BCUT2D eigenvalue weighted by Crippen LogP contribution is 2.59. The molecule has 12 heteroatoms. The Hall–Kier alpha value is -6.66. The predicted octanol–water partition coefficient (Wildman–Crippen LogP) is 6.79. The van der Waals surface area contributed by atoms with Gasteiger partial charge in [-0.3, -0.25) is 9.59 Å². The van der Waals surface area contributed by atoms with Crippen LogP contribution in [0.4, 0.5) is 0 Å². The first-order chi connectivity index (χ1) is 26.1. The number of hydrogen-bond donors (Lipinski definition) is 0. The minimum atomic E-state index is -0.978. The molecule has 0 bridgehead atoms. The van der Waals surface area contributed by atoms with Crippen molar-refractivity contribution in [3.8, 4) is 35.1 Å². The Kier molecular flexibility index (Phi) is 12.6. The fourth-order valence-electron chi connectivity index (χ4n) is 6.40. The molecular formula is C42H38N2O10. The summed E-state index contributed by atoms with van der Waals surface area (Å²) in [6, 6.07) is 27.1. The van der Waals surface area contributed by atoms with E-state index in [1.807, 2.05) is 26.0 Å². The number of carbonyl (C=O) groups is 4. The number of hydrogen-bond acceptors (Lipinski definition) is 12. The van der Waals surface area contributed by atoms with Gasteiger partial charge in [0.1, 0.15) is 13.2 Å². The highest BCUT2D eigenvalue weighted by atomic mass is 16.6. The molecule has 1 aliphatic rings. The van der Waals surface area contributed by atoms with Gasteiger partial charge in [0, 0.05) is 11.8 Å². The Labute approximate surface area is 312 Å². The van der Waals surface area contributed by atoms with E-state index in [4.69, 9.17) is 38.9 Å². The fraction of sp³-hybridized carbons (Fsp3) is 0.286. The van der Waals surface area contributed by atoms with Gasteiger partial charge >= 0.3 is 23.9 Å². The monoisotopic (exact) mass is 730 g/mol. The van der Waals surface area contributed by atoms with Crippen LogP contribution in [-0.2, 0) is 19.1 Å². The molecule has 4 aromatic carbocycles. The van der Waals surface area contributed by atoms with E-state index in [9.17, 15) is 19.2 Å². The number of benzene rings is 4. The van der Waals surface area contributed by atoms with Gasteiger partial charge in [-0.15, -0.1) is 0 Å². The van der Waals surface area contributed by atoms with Gasteiger partial charge in [-0.05, 0) is 73.5 Å². The second kappa shape index (κ2) is 17.7. The Bertz CT molecular complexity index is 1940. The molecular weight excluding hydrogens is 692 g/mol. The molecule has 1 saturated carbocycles. The molecule has 0 amide bonds. The lowest BCUT2D eigenvalue weighted by molar-refractivity contribution is -0.167. The van der Waals surface area contributed by atoms with Gasteiger partial charge in [0.2, 0.25) is 0 Å². The average molecular weight is 731 g/mol. The summed E-state index contributed by atoms with van der Waals surface area (Å²) in [5, 5.41) is 18.2. The van der Waals surface area contributed by atoms with Gasteiger partial charge in [0.05, 0.1) is 62.2 Å². The molecule has 1 fully saturated rings. The second-order valence-corrected chi connectivity index (χ2v) is 12.6. The summed E-state index contributed by atoms with van der Waals surface area (Å²) in [5.74, 6) is -5.59.